The van der Waals surface area contributed by atoms with Crippen molar-refractivity contribution in [3.05, 3.63) is 65.4 Å². The zero-order chi connectivity index (χ0) is 19.2. The highest BCUT2D eigenvalue weighted by atomic mass is 32.1. The monoisotopic (exact) mass is 381 g/mol. The molecule has 0 saturated carbocycles. The highest BCUT2D eigenvalue weighted by Crippen LogP contribution is 2.23. The number of nitrogens with one attached hydrogen (secondary N) is 1. The van der Waals surface area contributed by atoms with Crippen LogP contribution in [0.5, 0.6) is 5.75 Å². The van der Waals surface area contributed by atoms with Gasteiger partial charge in [0.25, 0.3) is 5.91 Å². The first kappa shape index (κ1) is 19.0. The van der Waals surface area contributed by atoms with E-state index in [0.717, 1.165) is 16.3 Å². The van der Waals surface area contributed by atoms with Crippen LogP contribution in [-0.2, 0) is 11.3 Å². The quantitative estimate of drug-likeness (QED) is 0.658. The van der Waals surface area contributed by atoms with Crippen LogP contribution >= 0.6 is 11.3 Å². The molecule has 0 bridgehead atoms. The highest BCUT2D eigenvalue weighted by Gasteiger charge is 2.15. The summed E-state index contributed by atoms with van der Waals surface area (Å²) in [6.07, 6.45) is 2.91. The van der Waals surface area contributed by atoms with Crippen LogP contribution in [0, 0.1) is 0 Å². The van der Waals surface area contributed by atoms with E-state index in [1.165, 1.54) is 5.56 Å². The van der Waals surface area contributed by atoms with Gasteiger partial charge in [0, 0.05) is 23.3 Å². The lowest BCUT2D eigenvalue weighted by atomic mass is 10.0. The van der Waals surface area contributed by atoms with Gasteiger partial charge in [-0.2, -0.15) is 0 Å². The van der Waals surface area contributed by atoms with Gasteiger partial charge in [0.05, 0.1) is 12.2 Å². The van der Waals surface area contributed by atoms with E-state index in [2.05, 4.69) is 29.1 Å². The molecule has 1 N–H and O–H groups in total. The van der Waals surface area contributed by atoms with Crippen molar-refractivity contribution in [2.45, 2.75) is 39.3 Å². The van der Waals surface area contributed by atoms with E-state index in [4.69, 9.17) is 4.74 Å². The molecule has 2 aromatic heterocycles. The maximum atomic E-state index is 12.3. The Balaban J connectivity index is 1.52. The van der Waals surface area contributed by atoms with Crippen molar-refractivity contribution in [2.75, 3.05) is 0 Å². The third kappa shape index (κ3) is 5.14. The molecule has 1 unspecified atom stereocenters. The van der Waals surface area contributed by atoms with Gasteiger partial charge in [0.1, 0.15) is 10.8 Å². The molecule has 0 aliphatic carbocycles. The van der Waals surface area contributed by atoms with Crippen LogP contribution < -0.4 is 10.1 Å². The van der Waals surface area contributed by atoms with Gasteiger partial charge in [-0.3, -0.25) is 9.78 Å². The number of hydrogen-bond donors (Lipinski definition) is 1. The maximum Gasteiger partial charge on any atom is 0.261 e. The number of benzene rings is 1. The molecule has 0 spiro atoms. The van der Waals surface area contributed by atoms with Gasteiger partial charge in [0.2, 0.25) is 0 Å². The molecular weight excluding hydrogens is 358 g/mol. The van der Waals surface area contributed by atoms with Crippen molar-refractivity contribution in [1.82, 2.24) is 15.3 Å². The lowest BCUT2D eigenvalue weighted by molar-refractivity contribution is -0.127. The Labute approximate surface area is 163 Å². The Morgan fingerprint density at radius 1 is 1.11 bits per heavy atom. The van der Waals surface area contributed by atoms with Gasteiger partial charge < -0.3 is 10.1 Å². The average Bonchev–Trinajstić information content (AvgIpc) is 3.16. The van der Waals surface area contributed by atoms with Crippen LogP contribution in [0.2, 0.25) is 0 Å². The fraction of sp³-hybridized carbons (Fsp3) is 0.286. The third-order valence-electron chi connectivity index (χ3n) is 4.15. The molecule has 0 saturated heterocycles. The molecular formula is C21H23N3O2S. The van der Waals surface area contributed by atoms with Gasteiger partial charge in [-0.15, -0.1) is 11.3 Å². The first-order chi connectivity index (χ1) is 13.0. The van der Waals surface area contributed by atoms with Crippen LogP contribution in [-0.4, -0.2) is 22.0 Å². The van der Waals surface area contributed by atoms with Gasteiger partial charge in [-0.05, 0) is 42.7 Å². The topological polar surface area (TPSA) is 64.1 Å². The second-order valence-electron chi connectivity index (χ2n) is 6.58. The minimum Gasteiger partial charge on any atom is -0.481 e. The van der Waals surface area contributed by atoms with Crippen molar-refractivity contribution < 1.29 is 9.53 Å². The molecule has 0 aliphatic heterocycles. The summed E-state index contributed by atoms with van der Waals surface area (Å²) in [5.74, 6) is 0.993. The average molecular weight is 382 g/mol. The van der Waals surface area contributed by atoms with Crippen molar-refractivity contribution in [1.29, 1.82) is 0 Å². The molecule has 140 valence electrons. The van der Waals surface area contributed by atoms with E-state index in [1.807, 2.05) is 41.8 Å². The smallest absolute Gasteiger partial charge is 0.261 e. The normalized spacial score (nSPS) is 12.0. The molecule has 1 amide bonds. The summed E-state index contributed by atoms with van der Waals surface area (Å²) in [7, 11) is 0. The number of thiazole rings is 1. The number of hydrogen-bond acceptors (Lipinski definition) is 5. The summed E-state index contributed by atoms with van der Waals surface area (Å²) in [6.45, 7) is 6.41. The summed E-state index contributed by atoms with van der Waals surface area (Å²) < 4.78 is 5.74. The minimum absolute atomic E-state index is 0.165. The lowest BCUT2D eigenvalue weighted by Gasteiger charge is -2.15. The zero-order valence-corrected chi connectivity index (χ0v) is 16.5. The number of amides is 1. The molecule has 2 heterocycles. The number of aromatic nitrogens is 2. The predicted octanol–water partition coefficient (Wildman–Crippen LogP) is 4.41. The predicted molar refractivity (Wildman–Crippen MR) is 108 cm³/mol. The number of carbonyl (C=O) groups excluding carboxylic acids is 1. The van der Waals surface area contributed by atoms with Crippen molar-refractivity contribution in [3.8, 4) is 16.3 Å². The first-order valence-corrected chi connectivity index (χ1v) is 9.80. The molecule has 0 fully saturated rings. The lowest BCUT2D eigenvalue weighted by Crippen LogP contribution is -2.35. The van der Waals surface area contributed by atoms with Gasteiger partial charge in [-0.25, -0.2) is 4.98 Å². The van der Waals surface area contributed by atoms with E-state index in [1.54, 1.807) is 30.7 Å². The summed E-state index contributed by atoms with van der Waals surface area (Å²) in [4.78, 5) is 20.9. The minimum atomic E-state index is -0.576. The SMILES string of the molecule is CC(Oc1ccc(C(C)C)cc1)C(=O)NCc1csc(-c2ccncc2)n1. The number of pyridine rings is 1. The standard InChI is InChI=1S/C21H23N3O2S/c1-14(2)16-4-6-19(7-5-16)26-15(3)20(25)23-12-18-13-27-21(24-18)17-8-10-22-11-9-17/h4-11,13-15H,12H2,1-3H3,(H,23,25). The second-order valence-corrected chi connectivity index (χ2v) is 7.44. The Morgan fingerprint density at radius 3 is 2.48 bits per heavy atom. The number of ether oxygens (including phenoxy) is 1. The fourth-order valence-corrected chi connectivity index (χ4v) is 3.35. The van der Waals surface area contributed by atoms with E-state index in [-0.39, 0.29) is 5.91 Å². The van der Waals surface area contributed by atoms with Crippen molar-refractivity contribution in [3.63, 3.8) is 0 Å². The largest absolute Gasteiger partial charge is 0.481 e. The molecule has 6 heteroatoms. The molecule has 3 rings (SSSR count). The second kappa shape index (κ2) is 8.77. The van der Waals surface area contributed by atoms with Crippen LogP contribution in [0.25, 0.3) is 10.6 Å². The third-order valence-corrected chi connectivity index (χ3v) is 5.09. The van der Waals surface area contributed by atoms with E-state index in [0.29, 0.717) is 18.2 Å². The molecule has 3 aromatic rings. The maximum absolute atomic E-state index is 12.3. The molecule has 0 aliphatic rings. The van der Waals surface area contributed by atoms with E-state index < -0.39 is 6.10 Å². The summed E-state index contributed by atoms with van der Waals surface area (Å²) in [5.41, 5.74) is 3.09. The molecule has 1 atom stereocenters. The zero-order valence-electron chi connectivity index (χ0n) is 15.7. The van der Waals surface area contributed by atoms with Crippen LogP contribution in [0.3, 0.4) is 0 Å². The Hall–Kier alpha value is -2.73. The molecule has 27 heavy (non-hydrogen) atoms. The fourth-order valence-electron chi connectivity index (χ4n) is 2.53. The molecule has 1 aromatic carbocycles. The highest BCUT2D eigenvalue weighted by molar-refractivity contribution is 7.13. The van der Waals surface area contributed by atoms with Crippen molar-refractivity contribution in [2.24, 2.45) is 0 Å². The van der Waals surface area contributed by atoms with E-state index in [9.17, 15) is 4.79 Å². The molecule has 5 nitrogen and oxygen atoms in total. The van der Waals surface area contributed by atoms with Crippen LogP contribution in [0.4, 0.5) is 0 Å². The Bertz CT molecular complexity index is 876. The van der Waals surface area contributed by atoms with E-state index >= 15 is 0 Å². The Morgan fingerprint density at radius 2 is 1.81 bits per heavy atom. The molecule has 0 radical (unpaired) electrons. The van der Waals surface area contributed by atoms with Crippen LogP contribution in [0.1, 0.15) is 37.9 Å². The van der Waals surface area contributed by atoms with Gasteiger partial charge >= 0.3 is 0 Å². The summed E-state index contributed by atoms with van der Waals surface area (Å²) >= 11 is 1.55. The van der Waals surface area contributed by atoms with Crippen molar-refractivity contribution >= 4 is 17.2 Å². The van der Waals surface area contributed by atoms with Crippen LogP contribution in [0.15, 0.2) is 54.2 Å². The van der Waals surface area contributed by atoms with Gasteiger partial charge in [-0.1, -0.05) is 26.0 Å². The Kier molecular flexibility index (Phi) is 6.19. The number of rotatable bonds is 7. The summed E-state index contributed by atoms with van der Waals surface area (Å²) in [5, 5.41) is 5.74. The first-order valence-electron chi connectivity index (χ1n) is 8.92. The number of nitrogens with zero attached hydrogens (tertiary/aromatic N) is 2. The number of carbonyl (C=O) groups is 1. The van der Waals surface area contributed by atoms with Gasteiger partial charge in [0.15, 0.2) is 6.10 Å². The summed E-state index contributed by atoms with van der Waals surface area (Å²) in [6, 6.07) is 11.7.